The molecule has 0 saturated heterocycles. The topological polar surface area (TPSA) is 45.7 Å². The zero-order valence-electron chi connectivity index (χ0n) is 15.7. The number of ether oxygens (including phenoxy) is 1. The average molecular weight is 372 g/mol. The molecule has 5 heteroatoms. The molecule has 0 unspecified atom stereocenters. The van der Waals surface area contributed by atoms with Crippen LogP contribution >= 0.6 is 11.8 Å². The summed E-state index contributed by atoms with van der Waals surface area (Å²) < 4.78 is 6.01. The molecular weight excluding hydrogens is 342 g/mol. The lowest BCUT2D eigenvalue weighted by molar-refractivity contribution is 0.302. The Kier molecular flexibility index (Phi) is 9.51. The maximum Gasteiger partial charge on any atom is 0.191 e. The van der Waals surface area contributed by atoms with Crippen molar-refractivity contribution in [1.29, 1.82) is 0 Å². The summed E-state index contributed by atoms with van der Waals surface area (Å²) in [6.07, 6.45) is 4.52. The highest BCUT2D eigenvalue weighted by atomic mass is 32.2. The molecule has 2 aromatic carbocycles. The number of hydrogen-bond acceptors (Lipinski definition) is 3. The second-order valence-electron chi connectivity index (χ2n) is 5.93. The molecule has 0 aliphatic rings. The van der Waals surface area contributed by atoms with Crippen molar-refractivity contribution in [2.75, 3.05) is 25.6 Å². The van der Waals surface area contributed by atoms with Crippen LogP contribution in [0.1, 0.15) is 24.0 Å². The molecule has 2 rings (SSSR count). The van der Waals surface area contributed by atoms with Crippen molar-refractivity contribution in [1.82, 2.24) is 10.6 Å². The van der Waals surface area contributed by atoms with Gasteiger partial charge in [-0.15, -0.1) is 0 Å². The Labute approximate surface area is 161 Å². The lowest BCUT2D eigenvalue weighted by Crippen LogP contribution is -2.37. The van der Waals surface area contributed by atoms with E-state index < -0.39 is 0 Å². The summed E-state index contributed by atoms with van der Waals surface area (Å²) in [7, 11) is 1.80. The van der Waals surface area contributed by atoms with Crippen molar-refractivity contribution >= 4 is 17.7 Å². The van der Waals surface area contributed by atoms with Gasteiger partial charge < -0.3 is 15.4 Å². The fraction of sp³-hybridized carbons (Fsp3) is 0.381. The summed E-state index contributed by atoms with van der Waals surface area (Å²) in [4.78, 5) is 4.29. The van der Waals surface area contributed by atoms with Gasteiger partial charge in [-0.2, -0.15) is 11.8 Å². The molecule has 2 N–H and O–H groups in total. The first-order valence-electron chi connectivity index (χ1n) is 9.01. The standard InChI is InChI=1S/C21H29N3OS/c1-22-21(23-14-8-9-15-26-2)24-16-19-12-6-7-13-20(19)25-17-18-10-4-3-5-11-18/h3-7,10-13H,8-9,14-17H2,1-2H3,(H2,22,23,24). The van der Waals surface area contributed by atoms with Crippen molar-refractivity contribution in [2.24, 2.45) is 4.99 Å². The van der Waals surface area contributed by atoms with E-state index >= 15 is 0 Å². The Hall–Kier alpha value is -2.14. The molecule has 0 fully saturated rings. The summed E-state index contributed by atoms with van der Waals surface area (Å²) in [6, 6.07) is 18.3. The molecule has 0 aliphatic heterocycles. The van der Waals surface area contributed by atoms with Gasteiger partial charge in [0, 0.05) is 25.7 Å². The van der Waals surface area contributed by atoms with E-state index in [-0.39, 0.29) is 0 Å². The molecular formula is C21H29N3OS. The minimum atomic E-state index is 0.570. The predicted octanol–water partition coefficient (Wildman–Crippen LogP) is 4.07. The van der Waals surface area contributed by atoms with Crippen LogP contribution < -0.4 is 15.4 Å². The first-order valence-corrected chi connectivity index (χ1v) is 10.4. The highest BCUT2D eigenvalue weighted by Gasteiger charge is 2.05. The third kappa shape index (κ3) is 7.40. The number of unbranched alkanes of at least 4 members (excludes halogenated alkanes) is 1. The van der Waals surface area contributed by atoms with Gasteiger partial charge >= 0.3 is 0 Å². The Morgan fingerprint density at radius 3 is 2.54 bits per heavy atom. The van der Waals surface area contributed by atoms with Gasteiger partial charge in [0.25, 0.3) is 0 Å². The number of guanidine groups is 1. The van der Waals surface area contributed by atoms with Crippen molar-refractivity contribution in [2.45, 2.75) is 26.0 Å². The number of benzene rings is 2. The third-order valence-electron chi connectivity index (χ3n) is 3.95. The highest BCUT2D eigenvalue weighted by molar-refractivity contribution is 7.98. The predicted molar refractivity (Wildman–Crippen MR) is 113 cm³/mol. The Morgan fingerprint density at radius 2 is 1.77 bits per heavy atom. The largest absolute Gasteiger partial charge is 0.489 e. The van der Waals surface area contributed by atoms with Crippen LogP contribution in [0.3, 0.4) is 0 Å². The fourth-order valence-electron chi connectivity index (χ4n) is 2.50. The smallest absolute Gasteiger partial charge is 0.191 e. The number of hydrogen-bond donors (Lipinski definition) is 2. The minimum absolute atomic E-state index is 0.570. The summed E-state index contributed by atoms with van der Waals surface area (Å²) >= 11 is 1.89. The molecule has 26 heavy (non-hydrogen) atoms. The zero-order valence-corrected chi connectivity index (χ0v) is 16.5. The second kappa shape index (κ2) is 12.3. The molecule has 0 aliphatic carbocycles. The van der Waals surface area contributed by atoms with Gasteiger partial charge in [0.15, 0.2) is 5.96 Å². The lowest BCUT2D eigenvalue weighted by Gasteiger charge is -2.15. The zero-order chi connectivity index (χ0) is 18.5. The van der Waals surface area contributed by atoms with E-state index in [1.54, 1.807) is 7.05 Å². The molecule has 0 aromatic heterocycles. The van der Waals surface area contributed by atoms with E-state index in [0.717, 1.165) is 35.8 Å². The summed E-state index contributed by atoms with van der Waals surface area (Å²) in [6.45, 7) is 2.18. The molecule has 2 aromatic rings. The van der Waals surface area contributed by atoms with Crippen LogP contribution in [0.5, 0.6) is 5.75 Å². The molecule has 0 heterocycles. The van der Waals surface area contributed by atoms with Crippen LogP contribution in [-0.4, -0.2) is 31.6 Å². The van der Waals surface area contributed by atoms with Crippen LogP contribution in [0.25, 0.3) is 0 Å². The van der Waals surface area contributed by atoms with E-state index in [0.29, 0.717) is 13.2 Å². The number of rotatable bonds is 10. The summed E-state index contributed by atoms with van der Waals surface area (Å²) in [5.41, 5.74) is 2.28. The van der Waals surface area contributed by atoms with Crippen LogP contribution in [0.15, 0.2) is 59.6 Å². The van der Waals surface area contributed by atoms with E-state index in [1.807, 2.05) is 48.2 Å². The van der Waals surface area contributed by atoms with Gasteiger partial charge in [0.1, 0.15) is 12.4 Å². The lowest BCUT2D eigenvalue weighted by atomic mass is 10.2. The quantitative estimate of drug-likeness (QED) is 0.375. The normalized spacial score (nSPS) is 11.2. The van der Waals surface area contributed by atoms with E-state index in [4.69, 9.17) is 4.74 Å². The van der Waals surface area contributed by atoms with Crippen molar-refractivity contribution < 1.29 is 4.74 Å². The number of para-hydroxylation sites is 1. The first-order chi connectivity index (χ1) is 12.8. The molecule has 0 atom stereocenters. The number of thioether (sulfide) groups is 1. The Bertz CT molecular complexity index is 661. The highest BCUT2D eigenvalue weighted by Crippen LogP contribution is 2.19. The number of aliphatic imine (C=N–C) groups is 1. The summed E-state index contributed by atoms with van der Waals surface area (Å²) in [5.74, 6) is 2.94. The van der Waals surface area contributed by atoms with E-state index in [1.165, 1.54) is 12.2 Å². The molecule has 4 nitrogen and oxygen atoms in total. The molecule has 0 saturated carbocycles. The van der Waals surface area contributed by atoms with Crippen molar-refractivity contribution in [3.8, 4) is 5.75 Å². The van der Waals surface area contributed by atoms with Gasteiger partial charge in [-0.25, -0.2) is 0 Å². The molecule has 0 bridgehead atoms. The molecule has 0 amide bonds. The Morgan fingerprint density at radius 1 is 1.00 bits per heavy atom. The minimum Gasteiger partial charge on any atom is -0.489 e. The van der Waals surface area contributed by atoms with Gasteiger partial charge in [-0.3, -0.25) is 4.99 Å². The molecule has 0 spiro atoms. The van der Waals surface area contributed by atoms with Crippen molar-refractivity contribution in [3.05, 3.63) is 65.7 Å². The maximum absolute atomic E-state index is 6.01. The van der Waals surface area contributed by atoms with E-state index in [9.17, 15) is 0 Å². The fourth-order valence-corrected chi connectivity index (χ4v) is 3.00. The summed E-state index contributed by atoms with van der Waals surface area (Å²) in [5, 5.41) is 6.73. The number of nitrogens with one attached hydrogen (secondary N) is 2. The third-order valence-corrected chi connectivity index (χ3v) is 4.64. The second-order valence-corrected chi connectivity index (χ2v) is 6.92. The van der Waals surface area contributed by atoms with E-state index in [2.05, 4.69) is 40.1 Å². The first kappa shape index (κ1) is 20.2. The van der Waals surface area contributed by atoms with Gasteiger partial charge in [-0.1, -0.05) is 48.5 Å². The molecule has 0 radical (unpaired) electrons. The number of nitrogens with zero attached hydrogens (tertiary/aromatic N) is 1. The van der Waals surface area contributed by atoms with Crippen LogP contribution in [0.2, 0.25) is 0 Å². The maximum atomic E-state index is 6.01. The van der Waals surface area contributed by atoms with Crippen LogP contribution in [0.4, 0.5) is 0 Å². The molecule has 140 valence electrons. The van der Waals surface area contributed by atoms with Crippen LogP contribution in [0, 0.1) is 0 Å². The van der Waals surface area contributed by atoms with Crippen LogP contribution in [-0.2, 0) is 13.2 Å². The monoisotopic (exact) mass is 371 g/mol. The van der Waals surface area contributed by atoms with Crippen molar-refractivity contribution in [3.63, 3.8) is 0 Å². The SMILES string of the molecule is CN=C(NCCCCSC)NCc1ccccc1OCc1ccccc1. The van der Waals surface area contributed by atoms with Gasteiger partial charge in [0.2, 0.25) is 0 Å². The van der Waals surface area contributed by atoms with Gasteiger partial charge in [0.05, 0.1) is 0 Å². The average Bonchev–Trinajstić information content (AvgIpc) is 2.70. The Balaban J connectivity index is 1.82. The van der Waals surface area contributed by atoms with Gasteiger partial charge in [-0.05, 0) is 36.5 Å².